The topological polar surface area (TPSA) is 172 Å². The van der Waals surface area contributed by atoms with E-state index in [9.17, 15) is 14.4 Å². The summed E-state index contributed by atoms with van der Waals surface area (Å²) in [7, 11) is 0. The van der Waals surface area contributed by atoms with E-state index >= 15 is 0 Å². The molecule has 214 valence electrons. The Bertz CT molecular complexity index is 1830. The maximum absolute atomic E-state index is 13.5. The molecule has 0 bridgehead atoms. The molecular weight excluding hydrogens is 536 g/mol. The molecule has 0 aliphatic rings. The number of nitrogens with one attached hydrogen (secondary N) is 1. The summed E-state index contributed by atoms with van der Waals surface area (Å²) >= 11 is 0. The number of amides is 1. The Morgan fingerprint density at radius 2 is 1.67 bits per heavy atom. The van der Waals surface area contributed by atoms with Crippen molar-refractivity contribution in [3.63, 3.8) is 0 Å². The summed E-state index contributed by atoms with van der Waals surface area (Å²) in [5.74, 6) is -1.77. The van der Waals surface area contributed by atoms with E-state index in [-0.39, 0.29) is 30.1 Å². The van der Waals surface area contributed by atoms with Gasteiger partial charge >= 0.3 is 0 Å². The van der Waals surface area contributed by atoms with Crippen LogP contribution in [0.25, 0.3) is 22.3 Å². The number of nitrogens with two attached hydrogens (primary N) is 1. The lowest BCUT2D eigenvalue weighted by atomic mass is 9.89. The summed E-state index contributed by atoms with van der Waals surface area (Å²) < 4.78 is 7.08. The van der Waals surface area contributed by atoms with Gasteiger partial charge in [0, 0.05) is 0 Å². The Morgan fingerprint density at radius 1 is 0.976 bits per heavy atom. The fourth-order valence-corrected chi connectivity index (χ4v) is 4.47. The highest BCUT2D eigenvalue weighted by Gasteiger charge is 2.35. The van der Waals surface area contributed by atoms with Gasteiger partial charge in [0.15, 0.2) is 5.82 Å². The first-order chi connectivity index (χ1) is 20.1. The molecule has 0 aliphatic heterocycles. The van der Waals surface area contributed by atoms with Crippen molar-refractivity contribution in [2.24, 2.45) is 5.92 Å². The van der Waals surface area contributed by atoms with Crippen LogP contribution in [-0.2, 0) is 16.8 Å². The highest BCUT2D eigenvalue weighted by Crippen LogP contribution is 2.30. The van der Waals surface area contributed by atoms with Crippen LogP contribution in [0.1, 0.15) is 50.0 Å². The molecule has 0 spiro atoms. The summed E-state index contributed by atoms with van der Waals surface area (Å²) in [4.78, 5) is 52.7. The minimum atomic E-state index is -0.996. The van der Waals surface area contributed by atoms with Gasteiger partial charge in [0.25, 0.3) is 11.4 Å². The minimum Gasteiger partial charge on any atom is -0.417 e. The number of nitrogens with zero attached hydrogens (tertiary/aromatic N) is 6. The van der Waals surface area contributed by atoms with E-state index in [1.54, 1.807) is 44.3 Å². The third-order valence-electron chi connectivity index (χ3n) is 6.98. The number of ketones is 1. The zero-order valence-electron chi connectivity index (χ0n) is 23.6. The lowest BCUT2D eigenvalue weighted by molar-refractivity contribution is -0.122. The molecule has 2 aromatic carbocycles. The van der Waals surface area contributed by atoms with E-state index in [0.717, 1.165) is 5.52 Å². The van der Waals surface area contributed by atoms with Crippen LogP contribution in [0.5, 0.6) is 0 Å². The summed E-state index contributed by atoms with van der Waals surface area (Å²) in [6, 6.07) is 15.5. The van der Waals surface area contributed by atoms with E-state index in [0.29, 0.717) is 22.5 Å². The highest BCUT2D eigenvalue weighted by molar-refractivity contribution is 5.98. The zero-order chi connectivity index (χ0) is 30.0. The Balaban J connectivity index is 1.37. The van der Waals surface area contributed by atoms with Crippen LogP contribution in [0.15, 0.2) is 76.2 Å². The minimum absolute atomic E-state index is 0.176. The summed E-state index contributed by atoms with van der Waals surface area (Å²) in [6.07, 6.45) is 3.08. The first kappa shape index (κ1) is 28.3. The number of para-hydroxylation sites is 2. The van der Waals surface area contributed by atoms with Crippen LogP contribution in [-0.4, -0.2) is 47.4 Å². The molecule has 1 amide bonds. The molecule has 0 radical (unpaired) electrons. The average Bonchev–Trinajstić information content (AvgIpc) is 3.50. The monoisotopic (exact) mass is 566 g/mol. The first-order valence-corrected chi connectivity index (χ1v) is 13.4. The lowest BCUT2D eigenvalue weighted by Gasteiger charge is -2.21. The van der Waals surface area contributed by atoms with Crippen LogP contribution >= 0.6 is 0 Å². The Labute approximate surface area is 241 Å². The van der Waals surface area contributed by atoms with Gasteiger partial charge in [0.1, 0.15) is 6.54 Å². The number of aromatic nitrogens is 6. The molecule has 0 fully saturated rings. The van der Waals surface area contributed by atoms with Crippen molar-refractivity contribution in [1.29, 1.82) is 0 Å². The van der Waals surface area contributed by atoms with Crippen LogP contribution in [0.2, 0.25) is 0 Å². The van der Waals surface area contributed by atoms with Crippen molar-refractivity contribution in [2.45, 2.75) is 45.7 Å². The van der Waals surface area contributed by atoms with Gasteiger partial charge in [-0.25, -0.2) is 9.97 Å². The molecule has 1 atom stereocenters. The number of hydrogen-bond donors (Lipinski definition) is 2. The molecule has 3 heterocycles. The number of rotatable bonds is 9. The van der Waals surface area contributed by atoms with Crippen molar-refractivity contribution in [3.05, 3.63) is 94.8 Å². The van der Waals surface area contributed by atoms with Gasteiger partial charge in [-0.05, 0) is 37.5 Å². The smallest absolute Gasteiger partial charge is 0.294 e. The molecule has 0 saturated carbocycles. The maximum atomic E-state index is 13.5. The standard InChI is InChI=1S/C30H30N8O4/c1-17(2)24(35-23(39)16-38-21(14-33-26(31)28(38)41)18-10-6-5-7-11-18)25(40)27-36-37-29(42-27)30(3,4)22-15-32-19-12-8-9-13-20(19)34-22/h5-15,17,24H,16H2,1-4H3,(H2,31,33)(H,35,39). The number of carbonyl (C=O) groups excluding carboxylic acids is 2. The van der Waals surface area contributed by atoms with E-state index in [2.05, 4.69) is 30.5 Å². The van der Waals surface area contributed by atoms with Crippen molar-refractivity contribution in [2.75, 3.05) is 5.73 Å². The van der Waals surface area contributed by atoms with Gasteiger partial charge in [-0.3, -0.25) is 23.9 Å². The van der Waals surface area contributed by atoms with Crippen LogP contribution in [0.3, 0.4) is 0 Å². The van der Waals surface area contributed by atoms with Crippen molar-refractivity contribution in [1.82, 2.24) is 35.0 Å². The lowest BCUT2D eigenvalue weighted by Crippen LogP contribution is -2.46. The predicted octanol–water partition coefficient (Wildman–Crippen LogP) is 3.17. The molecule has 3 aromatic heterocycles. The Hall–Kier alpha value is -5.26. The third-order valence-corrected chi connectivity index (χ3v) is 6.98. The second-order valence-electron chi connectivity index (χ2n) is 10.7. The van der Waals surface area contributed by atoms with Crippen molar-refractivity contribution in [3.8, 4) is 11.3 Å². The van der Waals surface area contributed by atoms with E-state index in [1.807, 2.05) is 44.2 Å². The van der Waals surface area contributed by atoms with E-state index in [4.69, 9.17) is 10.2 Å². The van der Waals surface area contributed by atoms with Gasteiger partial charge in [0.05, 0.1) is 46.3 Å². The van der Waals surface area contributed by atoms with Crippen LogP contribution in [0.4, 0.5) is 5.82 Å². The molecule has 42 heavy (non-hydrogen) atoms. The van der Waals surface area contributed by atoms with Crippen molar-refractivity contribution >= 4 is 28.5 Å². The van der Waals surface area contributed by atoms with Gasteiger partial charge in [-0.15, -0.1) is 10.2 Å². The Morgan fingerprint density at radius 3 is 2.38 bits per heavy atom. The van der Waals surface area contributed by atoms with Crippen molar-refractivity contribution < 1.29 is 14.0 Å². The second-order valence-corrected chi connectivity index (χ2v) is 10.7. The fraction of sp³-hybridized carbons (Fsp3) is 0.267. The van der Waals surface area contributed by atoms with Gasteiger partial charge in [-0.1, -0.05) is 56.3 Å². The number of hydrogen-bond acceptors (Lipinski definition) is 10. The summed E-state index contributed by atoms with van der Waals surface area (Å²) in [5.41, 5.74) is 7.45. The highest BCUT2D eigenvalue weighted by atomic mass is 16.4. The Kier molecular flexibility index (Phi) is 7.62. The number of anilines is 1. The molecule has 0 saturated heterocycles. The van der Waals surface area contributed by atoms with E-state index < -0.39 is 28.7 Å². The quantitative estimate of drug-likeness (QED) is 0.252. The van der Waals surface area contributed by atoms with Crippen LogP contribution < -0.4 is 16.6 Å². The largest absolute Gasteiger partial charge is 0.417 e. The number of fused-ring (bicyclic) bond motifs is 1. The number of nitrogen functional groups attached to an aromatic ring is 1. The molecule has 12 heteroatoms. The van der Waals surface area contributed by atoms with Gasteiger partial charge < -0.3 is 15.5 Å². The molecule has 5 rings (SSSR count). The normalized spacial score (nSPS) is 12.4. The molecule has 3 N–H and O–H groups in total. The average molecular weight is 567 g/mol. The predicted molar refractivity (Wildman–Crippen MR) is 155 cm³/mol. The van der Waals surface area contributed by atoms with Crippen LogP contribution in [0, 0.1) is 5.92 Å². The number of carbonyl (C=O) groups is 2. The zero-order valence-corrected chi connectivity index (χ0v) is 23.6. The summed E-state index contributed by atoms with van der Waals surface area (Å²) in [5, 5.41) is 10.9. The number of Topliss-reactive ketones (excluding diaryl/α,β-unsaturated/α-hetero) is 1. The van der Waals surface area contributed by atoms with E-state index in [1.165, 1.54) is 10.8 Å². The third kappa shape index (κ3) is 5.51. The maximum Gasteiger partial charge on any atom is 0.294 e. The number of benzene rings is 2. The molecular formula is C30H30N8O4. The van der Waals surface area contributed by atoms with Gasteiger partial charge in [0.2, 0.25) is 17.6 Å². The molecule has 1 unspecified atom stereocenters. The molecule has 5 aromatic rings. The molecule has 12 nitrogen and oxygen atoms in total. The first-order valence-electron chi connectivity index (χ1n) is 13.4. The fourth-order valence-electron chi connectivity index (χ4n) is 4.47. The SMILES string of the molecule is CC(C)C(NC(=O)Cn1c(-c2ccccc2)cnc(N)c1=O)C(=O)c1nnc(C(C)(C)c2cnc3ccccc3n2)o1. The summed E-state index contributed by atoms with van der Waals surface area (Å²) in [6.45, 7) is 6.87. The second kappa shape index (κ2) is 11.3. The molecule has 0 aliphatic carbocycles. The van der Waals surface area contributed by atoms with Gasteiger partial charge in [-0.2, -0.15) is 0 Å².